The van der Waals surface area contributed by atoms with Crippen LogP contribution in [0.4, 0.5) is 0 Å². The van der Waals surface area contributed by atoms with E-state index in [-0.39, 0.29) is 45.3 Å². The average Bonchev–Trinajstić information content (AvgIpc) is 3.04. The van der Waals surface area contributed by atoms with Gasteiger partial charge in [0.25, 0.3) is 0 Å². The van der Waals surface area contributed by atoms with Gasteiger partial charge in [-0.2, -0.15) is 0 Å². The summed E-state index contributed by atoms with van der Waals surface area (Å²) < 4.78 is 24.8. The molecule has 5 nitrogen and oxygen atoms in total. The molecule has 6 atom stereocenters. The van der Waals surface area contributed by atoms with Gasteiger partial charge in [0.15, 0.2) is 0 Å². The van der Waals surface area contributed by atoms with Gasteiger partial charge in [-0.15, -0.1) is 0 Å². The number of allylic oxidation sites excluding steroid dienone is 1. The summed E-state index contributed by atoms with van der Waals surface area (Å²) in [6.45, 7) is 7.63. The fourth-order valence-corrected chi connectivity index (χ4v) is 7.17. The molecule has 0 radical (unpaired) electrons. The summed E-state index contributed by atoms with van der Waals surface area (Å²) in [6.07, 6.45) is 2.29. The molecule has 0 spiro atoms. The monoisotopic (exact) mass is 424 g/mol. The van der Waals surface area contributed by atoms with E-state index in [1.807, 2.05) is 58.0 Å². The van der Waals surface area contributed by atoms with E-state index in [2.05, 4.69) is 12.1 Å². The van der Waals surface area contributed by atoms with Crippen molar-refractivity contribution in [2.45, 2.75) is 68.3 Å². The molecular weight excluding hydrogens is 399 g/mol. The molecule has 26 heavy (non-hydrogen) atoms. The number of benzene rings is 1. The second kappa shape index (κ2) is 6.47. The van der Waals surface area contributed by atoms with Crippen LogP contribution in [0.2, 0.25) is 4.31 Å². The Morgan fingerprint density at radius 3 is 2.54 bits per heavy atom. The van der Waals surface area contributed by atoms with Gasteiger partial charge in [0.1, 0.15) is 0 Å². The Hall–Kier alpha value is -1.17. The van der Waals surface area contributed by atoms with Gasteiger partial charge in [-0.25, -0.2) is 0 Å². The van der Waals surface area contributed by atoms with Crippen molar-refractivity contribution in [3.8, 4) is 0 Å². The fraction of sp³-hybridized carbons (Fsp3) is 0.550. The molecule has 3 heterocycles. The number of cyclic esters (lactones) is 1. The van der Waals surface area contributed by atoms with Crippen LogP contribution in [0.25, 0.3) is 0 Å². The van der Waals surface area contributed by atoms with Gasteiger partial charge < -0.3 is 0 Å². The first-order chi connectivity index (χ1) is 12.4. The second-order valence-corrected chi connectivity index (χ2v) is 10.2. The van der Waals surface area contributed by atoms with Crippen molar-refractivity contribution in [1.82, 2.24) is 0 Å². The van der Waals surface area contributed by atoms with Crippen molar-refractivity contribution in [3.05, 3.63) is 42.5 Å². The van der Waals surface area contributed by atoms with Gasteiger partial charge in [0.2, 0.25) is 0 Å². The summed E-state index contributed by atoms with van der Waals surface area (Å²) >= 11 is -0.214. The van der Waals surface area contributed by atoms with E-state index < -0.39 is 16.2 Å². The van der Waals surface area contributed by atoms with Gasteiger partial charge in [-0.3, -0.25) is 0 Å². The predicted molar refractivity (Wildman–Crippen MR) is 97.4 cm³/mol. The van der Waals surface area contributed by atoms with Crippen molar-refractivity contribution in [2.24, 2.45) is 0 Å². The van der Waals surface area contributed by atoms with E-state index in [0.717, 1.165) is 4.46 Å². The average molecular weight is 423 g/mol. The van der Waals surface area contributed by atoms with Crippen LogP contribution < -0.4 is 4.46 Å². The fourth-order valence-electron chi connectivity index (χ4n) is 4.07. The van der Waals surface area contributed by atoms with Crippen LogP contribution in [0.15, 0.2) is 42.5 Å². The molecule has 0 aromatic heterocycles. The molecule has 0 unspecified atom stereocenters. The molecule has 0 aliphatic carbocycles. The van der Waals surface area contributed by atoms with Crippen LogP contribution in [-0.2, 0) is 23.7 Å². The van der Waals surface area contributed by atoms with Crippen molar-refractivity contribution in [3.63, 3.8) is 0 Å². The maximum atomic E-state index is 13.1. The maximum absolute atomic E-state index is 13.1. The number of esters is 1. The first-order valence-electron chi connectivity index (χ1n) is 8.96. The van der Waals surface area contributed by atoms with Crippen LogP contribution in [0, 0.1) is 0 Å². The normalized spacial score (nSPS) is 41.1. The molecule has 6 heteroatoms. The minimum absolute atomic E-state index is 0.214. The molecule has 1 aromatic carbocycles. The van der Waals surface area contributed by atoms with Gasteiger partial charge >= 0.3 is 160 Å². The molecule has 4 rings (SSSR count). The summed E-state index contributed by atoms with van der Waals surface area (Å²) in [5, 5.41) is 0. The van der Waals surface area contributed by atoms with Gasteiger partial charge in [-0.05, 0) is 0 Å². The zero-order chi connectivity index (χ0) is 18.5. The Morgan fingerprint density at radius 2 is 1.85 bits per heavy atom. The molecular formula is C20H24O5Se. The summed E-state index contributed by atoms with van der Waals surface area (Å²) in [5.41, 5.74) is 0. The number of hydrogen-bond donors (Lipinski definition) is 0. The zero-order valence-electron chi connectivity index (χ0n) is 15.4. The zero-order valence-corrected chi connectivity index (χ0v) is 17.1. The van der Waals surface area contributed by atoms with Crippen LogP contribution in [0.3, 0.4) is 0 Å². The predicted octanol–water partition coefficient (Wildman–Crippen LogP) is 1.98. The Labute approximate surface area is 160 Å². The number of ether oxygens (including phenoxy) is 4. The molecule has 3 aliphatic rings. The standard InChI is InChI=1S/C20H24O5Se/c1-5-9-14-15-17(25-19(3,4)24-15)20(26-13-10-7-6-8-11-13)16(23-14)12(2)22-18(20)21/h5-12,14-17H,1-4H3/b9-5+/t12-,14-,15-,16+,17+,20+/m0/s1. The Morgan fingerprint density at radius 1 is 1.12 bits per heavy atom. The van der Waals surface area contributed by atoms with E-state index in [1.165, 1.54) is 0 Å². The molecule has 3 aliphatic heterocycles. The van der Waals surface area contributed by atoms with Crippen molar-refractivity contribution < 1.29 is 23.7 Å². The van der Waals surface area contributed by atoms with Gasteiger partial charge in [-0.1, -0.05) is 0 Å². The van der Waals surface area contributed by atoms with Crippen molar-refractivity contribution in [1.29, 1.82) is 0 Å². The number of carbonyl (C=O) groups is 1. The number of fused-ring (bicyclic) bond motifs is 3. The third-order valence-electron chi connectivity index (χ3n) is 5.05. The SMILES string of the molecule is C/C=C/[C@@H]1O[C@@H]2[C@H](C)OC(=O)[C@]2([Se]c2ccccc2)[C@@H]2OC(C)(C)O[C@@H]12. The van der Waals surface area contributed by atoms with Crippen LogP contribution in [0.1, 0.15) is 27.7 Å². The quantitative estimate of drug-likeness (QED) is 0.423. The summed E-state index contributed by atoms with van der Waals surface area (Å²) in [4.78, 5) is 13.1. The Kier molecular flexibility index (Phi) is 4.53. The van der Waals surface area contributed by atoms with Crippen molar-refractivity contribution >= 4 is 25.4 Å². The van der Waals surface area contributed by atoms with Gasteiger partial charge in [0, 0.05) is 0 Å². The minimum atomic E-state index is -0.843. The summed E-state index contributed by atoms with van der Waals surface area (Å²) in [5.74, 6) is -0.992. The first-order valence-corrected chi connectivity index (χ1v) is 10.7. The van der Waals surface area contributed by atoms with E-state index in [0.29, 0.717) is 0 Å². The molecule has 0 N–H and O–H groups in total. The van der Waals surface area contributed by atoms with Crippen molar-refractivity contribution in [2.75, 3.05) is 0 Å². The Balaban J connectivity index is 1.80. The Bertz CT molecular complexity index is 718. The molecule has 1 aromatic rings. The molecule has 3 fully saturated rings. The molecule has 0 amide bonds. The van der Waals surface area contributed by atoms with Crippen LogP contribution in [-0.4, -0.2) is 57.2 Å². The molecule has 0 saturated carbocycles. The van der Waals surface area contributed by atoms with Crippen LogP contribution >= 0.6 is 0 Å². The number of carbonyl (C=O) groups excluding carboxylic acids is 1. The van der Waals surface area contributed by atoms with E-state index >= 15 is 0 Å². The van der Waals surface area contributed by atoms with Gasteiger partial charge in [0.05, 0.1) is 0 Å². The third kappa shape index (κ3) is 2.76. The number of hydrogen-bond acceptors (Lipinski definition) is 5. The van der Waals surface area contributed by atoms with E-state index in [1.54, 1.807) is 0 Å². The van der Waals surface area contributed by atoms with Crippen LogP contribution in [0.5, 0.6) is 0 Å². The van der Waals surface area contributed by atoms with E-state index in [9.17, 15) is 4.79 Å². The van der Waals surface area contributed by atoms with E-state index in [4.69, 9.17) is 18.9 Å². The summed E-state index contributed by atoms with van der Waals surface area (Å²) in [7, 11) is 0. The molecule has 0 bridgehead atoms. The molecule has 3 saturated heterocycles. The topological polar surface area (TPSA) is 54.0 Å². The second-order valence-electron chi connectivity index (χ2n) is 7.39. The molecule has 140 valence electrons. The third-order valence-corrected chi connectivity index (χ3v) is 8.15. The first kappa shape index (κ1) is 18.2. The summed E-state index contributed by atoms with van der Waals surface area (Å²) in [6, 6.07) is 10.1. The number of rotatable bonds is 3.